The highest BCUT2D eigenvalue weighted by Gasteiger charge is 2.35. The fourth-order valence-corrected chi connectivity index (χ4v) is 3.70. The number of hydrogen-bond acceptors (Lipinski definition) is 3. The molecule has 126 valence electrons. The summed E-state index contributed by atoms with van der Waals surface area (Å²) in [7, 11) is 0. The number of anilines is 1. The van der Waals surface area contributed by atoms with E-state index in [9.17, 15) is 9.18 Å². The summed E-state index contributed by atoms with van der Waals surface area (Å²) in [6.45, 7) is 7.67. The van der Waals surface area contributed by atoms with E-state index in [2.05, 4.69) is 22.0 Å². The van der Waals surface area contributed by atoms with Gasteiger partial charge in [-0.25, -0.2) is 4.39 Å². The molecule has 2 saturated heterocycles. The van der Waals surface area contributed by atoms with Gasteiger partial charge in [0.1, 0.15) is 5.82 Å². The Bertz CT molecular complexity index is 571. The van der Waals surface area contributed by atoms with Crippen molar-refractivity contribution in [3.63, 3.8) is 0 Å². The van der Waals surface area contributed by atoms with E-state index in [-0.39, 0.29) is 11.7 Å². The maximum absolute atomic E-state index is 13.1. The van der Waals surface area contributed by atoms with E-state index in [1.807, 2.05) is 0 Å². The largest absolute Gasteiger partial charge is 0.325 e. The van der Waals surface area contributed by atoms with Crippen molar-refractivity contribution in [1.29, 1.82) is 0 Å². The number of hydrogen-bond donors (Lipinski definition) is 1. The van der Waals surface area contributed by atoms with Crippen LogP contribution in [-0.2, 0) is 4.79 Å². The molecule has 0 aliphatic carbocycles. The summed E-state index contributed by atoms with van der Waals surface area (Å²) in [6.07, 6.45) is 3.93. The van der Waals surface area contributed by atoms with Gasteiger partial charge in [0.05, 0.1) is 6.54 Å². The smallest absolute Gasteiger partial charge is 0.238 e. The third-order valence-corrected chi connectivity index (χ3v) is 5.09. The van der Waals surface area contributed by atoms with Crippen molar-refractivity contribution in [2.75, 3.05) is 31.5 Å². The Morgan fingerprint density at radius 2 is 2.13 bits per heavy atom. The van der Waals surface area contributed by atoms with Crippen LogP contribution in [0.5, 0.6) is 0 Å². The van der Waals surface area contributed by atoms with Crippen LogP contribution in [-0.4, -0.2) is 54.0 Å². The predicted molar refractivity (Wildman–Crippen MR) is 90.0 cm³/mol. The molecule has 0 aromatic heterocycles. The Hall–Kier alpha value is -1.46. The third-order valence-electron chi connectivity index (χ3n) is 5.09. The molecule has 0 radical (unpaired) electrons. The maximum atomic E-state index is 13.1. The van der Waals surface area contributed by atoms with Crippen molar-refractivity contribution in [1.82, 2.24) is 9.80 Å². The lowest BCUT2D eigenvalue weighted by molar-refractivity contribution is -0.119. The molecule has 1 N–H and O–H groups in total. The number of nitrogens with zero attached hydrogens (tertiary/aromatic N) is 2. The third kappa shape index (κ3) is 3.90. The lowest BCUT2D eigenvalue weighted by Crippen LogP contribution is -2.63. The second-order valence-electron chi connectivity index (χ2n) is 6.94. The molecule has 1 amide bonds. The molecule has 4 nitrogen and oxygen atoms in total. The molecule has 23 heavy (non-hydrogen) atoms. The van der Waals surface area contributed by atoms with E-state index in [1.165, 1.54) is 37.9 Å². The number of halogens is 1. The maximum Gasteiger partial charge on any atom is 0.238 e. The predicted octanol–water partition coefficient (Wildman–Crippen LogP) is 2.63. The van der Waals surface area contributed by atoms with Crippen molar-refractivity contribution in [2.45, 2.75) is 45.2 Å². The molecule has 0 saturated carbocycles. The number of rotatable bonds is 4. The molecule has 2 heterocycles. The average molecular weight is 319 g/mol. The number of aryl methyl sites for hydroxylation is 1. The van der Waals surface area contributed by atoms with Crippen LogP contribution in [0.4, 0.5) is 10.1 Å². The summed E-state index contributed by atoms with van der Waals surface area (Å²) < 4.78 is 13.1. The van der Waals surface area contributed by atoms with Crippen LogP contribution >= 0.6 is 0 Å². The van der Waals surface area contributed by atoms with Crippen molar-refractivity contribution < 1.29 is 9.18 Å². The molecule has 1 unspecified atom stereocenters. The van der Waals surface area contributed by atoms with E-state index in [0.29, 0.717) is 24.3 Å². The summed E-state index contributed by atoms with van der Waals surface area (Å²) in [5.41, 5.74) is 1.44. The lowest BCUT2D eigenvalue weighted by atomic mass is 9.97. The highest BCUT2D eigenvalue weighted by atomic mass is 19.1. The summed E-state index contributed by atoms with van der Waals surface area (Å²) >= 11 is 0. The van der Waals surface area contributed by atoms with Gasteiger partial charge < -0.3 is 5.32 Å². The van der Waals surface area contributed by atoms with Gasteiger partial charge in [-0.05, 0) is 57.0 Å². The fraction of sp³-hybridized carbons (Fsp3) is 0.611. The first-order chi connectivity index (χ1) is 11.0. The number of piperidine rings is 1. The molecule has 1 atom stereocenters. The Morgan fingerprint density at radius 1 is 1.35 bits per heavy atom. The molecule has 5 heteroatoms. The van der Waals surface area contributed by atoms with Gasteiger partial charge in [0.15, 0.2) is 0 Å². The Labute approximate surface area is 137 Å². The van der Waals surface area contributed by atoms with E-state index >= 15 is 0 Å². The van der Waals surface area contributed by atoms with Gasteiger partial charge in [-0.2, -0.15) is 0 Å². The van der Waals surface area contributed by atoms with Crippen LogP contribution in [0.1, 0.15) is 31.7 Å². The monoisotopic (exact) mass is 319 g/mol. The van der Waals surface area contributed by atoms with Crippen LogP contribution in [0.25, 0.3) is 0 Å². The number of benzene rings is 1. The van der Waals surface area contributed by atoms with Crippen molar-refractivity contribution in [3.8, 4) is 0 Å². The van der Waals surface area contributed by atoms with Crippen molar-refractivity contribution in [2.24, 2.45) is 0 Å². The molecule has 0 spiro atoms. The van der Waals surface area contributed by atoms with Gasteiger partial charge in [-0.3, -0.25) is 14.6 Å². The second-order valence-corrected chi connectivity index (χ2v) is 6.94. The highest BCUT2D eigenvalue weighted by Crippen LogP contribution is 2.24. The summed E-state index contributed by atoms with van der Waals surface area (Å²) in [4.78, 5) is 16.9. The zero-order chi connectivity index (χ0) is 16.4. The second kappa shape index (κ2) is 6.97. The van der Waals surface area contributed by atoms with Crippen LogP contribution < -0.4 is 5.32 Å². The number of nitrogens with one attached hydrogen (secondary N) is 1. The minimum absolute atomic E-state index is 0.0233. The topological polar surface area (TPSA) is 35.6 Å². The van der Waals surface area contributed by atoms with E-state index in [0.717, 1.165) is 18.7 Å². The van der Waals surface area contributed by atoms with Gasteiger partial charge in [0.25, 0.3) is 0 Å². The first-order valence-corrected chi connectivity index (χ1v) is 8.57. The first-order valence-electron chi connectivity index (χ1n) is 8.57. The van der Waals surface area contributed by atoms with Crippen LogP contribution in [0.2, 0.25) is 0 Å². The average Bonchev–Trinajstić information content (AvgIpc) is 2.46. The zero-order valence-corrected chi connectivity index (χ0v) is 14.0. The Morgan fingerprint density at radius 3 is 2.83 bits per heavy atom. The van der Waals surface area contributed by atoms with Crippen molar-refractivity contribution >= 4 is 11.6 Å². The van der Waals surface area contributed by atoms with Gasteiger partial charge >= 0.3 is 0 Å². The summed E-state index contributed by atoms with van der Waals surface area (Å²) in [5.74, 6) is -0.299. The highest BCUT2D eigenvalue weighted by molar-refractivity contribution is 5.93. The van der Waals surface area contributed by atoms with E-state index < -0.39 is 0 Å². The molecule has 1 aromatic rings. The summed E-state index contributed by atoms with van der Waals surface area (Å²) in [5, 5.41) is 2.88. The van der Waals surface area contributed by atoms with Crippen LogP contribution in [0.15, 0.2) is 18.2 Å². The van der Waals surface area contributed by atoms with Gasteiger partial charge in [-0.15, -0.1) is 0 Å². The van der Waals surface area contributed by atoms with Gasteiger partial charge in [0, 0.05) is 30.9 Å². The SMILES string of the molecule is Cc1cc(F)ccc1NC(=O)CN1CC(N2CCCCC2C)C1. The molecule has 1 aromatic carbocycles. The Balaban J connectivity index is 1.45. The molecular formula is C18H26FN3O. The molecular weight excluding hydrogens is 293 g/mol. The molecule has 3 rings (SSSR count). The standard InChI is InChI=1S/C18H26FN3O/c1-13-9-15(19)6-7-17(13)20-18(23)12-21-10-16(11-21)22-8-4-3-5-14(22)2/h6-7,9,14,16H,3-5,8,10-12H2,1-2H3,(H,20,23). The molecule has 2 aliphatic rings. The number of carbonyl (C=O) groups excluding carboxylic acids is 1. The number of carbonyl (C=O) groups is 1. The van der Waals surface area contributed by atoms with Gasteiger partial charge in [-0.1, -0.05) is 6.42 Å². The summed E-state index contributed by atoms with van der Waals surface area (Å²) in [6, 6.07) is 5.71. The Kier molecular flexibility index (Phi) is 4.97. The van der Waals surface area contributed by atoms with Crippen LogP contribution in [0.3, 0.4) is 0 Å². The van der Waals surface area contributed by atoms with Gasteiger partial charge in [0.2, 0.25) is 5.91 Å². The fourth-order valence-electron chi connectivity index (χ4n) is 3.70. The normalized spacial score (nSPS) is 23.5. The molecule has 0 bridgehead atoms. The van der Waals surface area contributed by atoms with Crippen molar-refractivity contribution in [3.05, 3.63) is 29.6 Å². The van der Waals surface area contributed by atoms with E-state index in [1.54, 1.807) is 13.0 Å². The zero-order valence-electron chi connectivity index (χ0n) is 14.0. The lowest BCUT2D eigenvalue weighted by Gasteiger charge is -2.49. The number of amides is 1. The minimum Gasteiger partial charge on any atom is -0.325 e. The first kappa shape index (κ1) is 16.4. The molecule has 2 aliphatic heterocycles. The van der Waals surface area contributed by atoms with Crippen LogP contribution in [0, 0.1) is 12.7 Å². The number of likely N-dealkylation sites (tertiary alicyclic amines) is 2. The van der Waals surface area contributed by atoms with E-state index in [4.69, 9.17) is 0 Å². The quantitative estimate of drug-likeness (QED) is 0.927. The minimum atomic E-state index is -0.276. The molecule has 2 fully saturated rings.